The molecule has 2 heterocycles. The molecule has 0 bridgehead atoms. The zero-order chi connectivity index (χ0) is 25.2. The van der Waals surface area contributed by atoms with Crippen molar-refractivity contribution in [1.29, 1.82) is 5.26 Å². The largest absolute Gasteiger partial charge is 0.416 e. The minimum atomic E-state index is -4.57. The van der Waals surface area contributed by atoms with E-state index in [2.05, 4.69) is 0 Å². The molecular weight excluding hydrogens is 463 g/mol. The van der Waals surface area contributed by atoms with E-state index in [1.807, 2.05) is 0 Å². The van der Waals surface area contributed by atoms with Gasteiger partial charge in [-0.2, -0.15) is 18.4 Å². The highest BCUT2D eigenvalue weighted by atomic mass is 19.4. The van der Waals surface area contributed by atoms with Crippen LogP contribution < -0.4 is 16.9 Å². The third-order valence-corrected chi connectivity index (χ3v) is 6.63. The molecular formula is C24H18F3N5O3. The molecule has 11 heteroatoms. The van der Waals surface area contributed by atoms with E-state index in [0.717, 1.165) is 21.4 Å². The Morgan fingerprint density at radius 3 is 2.40 bits per heavy atom. The fourth-order valence-electron chi connectivity index (χ4n) is 4.92. The van der Waals surface area contributed by atoms with E-state index in [0.29, 0.717) is 16.7 Å². The first-order chi connectivity index (χ1) is 16.5. The Hall–Kier alpha value is -4.33. The lowest BCUT2D eigenvalue weighted by molar-refractivity contribution is -0.138. The van der Waals surface area contributed by atoms with Crippen molar-refractivity contribution in [3.05, 3.63) is 96.2 Å². The van der Waals surface area contributed by atoms with Gasteiger partial charge < -0.3 is 0 Å². The molecule has 178 valence electrons. The lowest BCUT2D eigenvalue weighted by Gasteiger charge is -2.18. The predicted octanol–water partition coefficient (Wildman–Crippen LogP) is 2.62. The second kappa shape index (κ2) is 7.59. The Kier molecular flexibility index (Phi) is 4.87. The number of halogens is 3. The van der Waals surface area contributed by atoms with Gasteiger partial charge in [0.15, 0.2) is 0 Å². The van der Waals surface area contributed by atoms with Crippen LogP contribution in [-0.4, -0.2) is 18.3 Å². The lowest BCUT2D eigenvalue weighted by Crippen LogP contribution is -2.42. The average molecular weight is 481 g/mol. The van der Waals surface area contributed by atoms with Crippen LogP contribution >= 0.6 is 0 Å². The van der Waals surface area contributed by atoms with Gasteiger partial charge in [-0.15, -0.1) is 0 Å². The molecule has 0 unspecified atom stereocenters. The molecule has 8 nitrogen and oxygen atoms in total. The van der Waals surface area contributed by atoms with Crippen LogP contribution in [0.4, 0.5) is 13.2 Å². The minimum absolute atomic E-state index is 0.0381. The lowest BCUT2D eigenvalue weighted by atomic mass is 10.0. The number of rotatable bonds is 2. The second-order valence-corrected chi connectivity index (χ2v) is 8.48. The molecule has 1 aliphatic rings. The molecule has 5 rings (SSSR count). The topological polar surface area (TPSA) is 94.7 Å². The zero-order valence-electron chi connectivity index (χ0n) is 18.6. The summed E-state index contributed by atoms with van der Waals surface area (Å²) in [5.41, 5.74) is -1.31. The van der Waals surface area contributed by atoms with Crippen LogP contribution in [0.3, 0.4) is 0 Å². The van der Waals surface area contributed by atoms with Gasteiger partial charge in [-0.3, -0.25) is 23.1 Å². The molecule has 0 aliphatic heterocycles. The highest BCUT2D eigenvalue weighted by Gasteiger charge is 2.38. The molecule has 2 aromatic carbocycles. The SMILES string of the molecule is Cn1c(=O)n(C)c2cc(-n3cc(C#N)c(=O)n([C@@H]4CCc5c4cccc5C(F)(F)F)c3=O)ccc21. The summed E-state index contributed by atoms with van der Waals surface area (Å²) in [6.45, 7) is 0. The molecule has 1 atom stereocenters. The summed E-state index contributed by atoms with van der Waals surface area (Å²) in [7, 11) is 3.18. The van der Waals surface area contributed by atoms with Gasteiger partial charge in [-0.1, -0.05) is 12.1 Å². The second-order valence-electron chi connectivity index (χ2n) is 8.48. The van der Waals surface area contributed by atoms with Gasteiger partial charge in [0.05, 0.1) is 28.3 Å². The summed E-state index contributed by atoms with van der Waals surface area (Å²) in [6, 6.07) is 9.34. The number of hydrogen-bond acceptors (Lipinski definition) is 4. The fraction of sp³-hybridized carbons (Fsp3) is 0.250. The molecule has 0 spiro atoms. The summed E-state index contributed by atoms with van der Waals surface area (Å²) in [5.74, 6) is 0. The van der Waals surface area contributed by atoms with Crippen molar-refractivity contribution in [3.8, 4) is 11.8 Å². The van der Waals surface area contributed by atoms with Crippen molar-refractivity contribution >= 4 is 11.0 Å². The van der Waals surface area contributed by atoms with Crippen molar-refractivity contribution in [1.82, 2.24) is 18.3 Å². The minimum Gasteiger partial charge on any atom is -0.295 e. The fourth-order valence-corrected chi connectivity index (χ4v) is 4.92. The summed E-state index contributed by atoms with van der Waals surface area (Å²) >= 11 is 0. The molecule has 35 heavy (non-hydrogen) atoms. The summed E-state index contributed by atoms with van der Waals surface area (Å²) in [5, 5.41) is 9.57. The molecule has 2 aromatic heterocycles. The summed E-state index contributed by atoms with van der Waals surface area (Å²) in [6.07, 6.45) is -3.30. The number of fused-ring (bicyclic) bond motifs is 2. The van der Waals surface area contributed by atoms with E-state index in [4.69, 9.17) is 0 Å². The normalized spacial score (nSPS) is 15.4. The van der Waals surface area contributed by atoms with Crippen LogP contribution in [0.2, 0.25) is 0 Å². The van der Waals surface area contributed by atoms with Crippen molar-refractivity contribution in [2.75, 3.05) is 0 Å². The Labute approximate surface area is 195 Å². The first kappa shape index (κ1) is 22.5. The number of nitriles is 1. The van der Waals surface area contributed by atoms with Crippen molar-refractivity contribution in [2.45, 2.75) is 25.1 Å². The first-order valence-corrected chi connectivity index (χ1v) is 10.7. The molecule has 0 N–H and O–H groups in total. The Morgan fingerprint density at radius 1 is 1.00 bits per heavy atom. The van der Waals surface area contributed by atoms with Crippen molar-refractivity contribution in [3.63, 3.8) is 0 Å². The van der Waals surface area contributed by atoms with E-state index in [1.165, 1.54) is 21.3 Å². The van der Waals surface area contributed by atoms with Gasteiger partial charge in [0.1, 0.15) is 11.6 Å². The Bertz CT molecular complexity index is 1750. The maximum atomic E-state index is 13.6. The molecule has 0 saturated carbocycles. The number of nitrogens with zero attached hydrogens (tertiary/aromatic N) is 5. The number of imidazole rings is 1. The van der Waals surface area contributed by atoms with E-state index in [9.17, 15) is 32.8 Å². The number of aromatic nitrogens is 4. The maximum absolute atomic E-state index is 13.6. The highest BCUT2D eigenvalue weighted by Crippen LogP contribution is 2.41. The van der Waals surface area contributed by atoms with Gasteiger partial charge in [0, 0.05) is 20.3 Å². The molecule has 1 aliphatic carbocycles. The van der Waals surface area contributed by atoms with Gasteiger partial charge in [-0.25, -0.2) is 9.59 Å². The third-order valence-electron chi connectivity index (χ3n) is 6.63. The average Bonchev–Trinajstić information content (AvgIpc) is 3.34. The van der Waals surface area contributed by atoms with Crippen LogP contribution in [0, 0.1) is 11.3 Å². The monoisotopic (exact) mass is 481 g/mol. The maximum Gasteiger partial charge on any atom is 0.416 e. The van der Waals surface area contributed by atoms with Gasteiger partial charge in [-0.05, 0) is 48.2 Å². The van der Waals surface area contributed by atoms with Gasteiger partial charge in [0.2, 0.25) is 0 Å². The highest BCUT2D eigenvalue weighted by molar-refractivity contribution is 5.78. The quantitative estimate of drug-likeness (QED) is 0.440. The predicted molar refractivity (Wildman–Crippen MR) is 121 cm³/mol. The van der Waals surface area contributed by atoms with Crippen LogP contribution in [0.1, 0.15) is 34.7 Å². The summed E-state index contributed by atoms with van der Waals surface area (Å²) < 4.78 is 45.4. The van der Waals surface area contributed by atoms with Crippen LogP contribution in [0.5, 0.6) is 0 Å². The third kappa shape index (κ3) is 3.24. The molecule has 0 saturated heterocycles. The Morgan fingerprint density at radius 2 is 1.71 bits per heavy atom. The van der Waals surface area contributed by atoms with E-state index < -0.39 is 29.0 Å². The van der Waals surface area contributed by atoms with E-state index >= 15 is 0 Å². The van der Waals surface area contributed by atoms with Crippen molar-refractivity contribution in [2.24, 2.45) is 14.1 Å². The smallest absolute Gasteiger partial charge is 0.295 e. The molecule has 0 radical (unpaired) electrons. The first-order valence-electron chi connectivity index (χ1n) is 10.7. The van der Waals surface area contributed by atoms with Crippen LogP contribution in [-0.2, 0) is 26.7 Å². The molecule has 0 amide bonds. The zero-order valence-corrected chi connectivity index (χ0v) is 18.6. The van der Waals surface area contributed by atoms with Crippen molar-refractivity contribution < 1.29 is 13.2 Å². The summed E-state index contributed by atoms with van der Waals surface area (Å²) in [4.78, 5) is 38.9. The number of aryl methyl sites for hydroxylation is 2. The van der Waals surface area contributed by atoms with Gasteiger partial charge in [0.25, 0.3) is 5.56 Å². The number of alkyl halides is 3. The van der Waals surface area contributed by atoms with Crippen LogP contribution in [0.15, 0.2) is 57.0 Å². The Balaban J connectivity index is 1.75. The molecule has 0 fully saturated rings. The van der Waals surface area contributed by atoms with E-state index in [1.54, 1.807) is 38.4 Å². The van der Waals surface area contributed by atoms with E-state index in [-0.39, 0.29) is 35.2 Å². The standard InChI is InChI=1S/C24H18F3N5O3/c1-29-19-8-6-14(10-20(19)30(2)22(29)34)31-12-13(11-28)21(33)32(23(31)35)18-9-7-15-16(18)4-3-5-17(15)24(25,26)27/h3-6,8,10,12,18H,7,9H2,1-2H3/t18-/m1/s1. The van der Waals surface area contributed by atoms with Gasteiger partial charge >= 0.3 is 17.6 Å². The number of benzene rings is 2. The van der Waals surface area contributed by atoms with Crippen LogP contribution in [0.25, 0.3) is 16.7 Å². The molecule has 4 aromatic rings. The number of hydrogen-bond donors (Lipinski definition) is 0.